The van der Waals surface area contributed by atoms with Crippen LogP contribution in [0.25, 0.3) is 0 Å². The van der Waals surface area contributed by atoms with Crippen LogP contribution in [0.3, 0.4) is 0 Å². The van der Waals surface area contributed by atoms with Gasteiger partial charge in [0.15, 0.2) is 0 Å². The molecule has 3 atom stereocenters. The summed E-state index contributed by atoms with van der Waals surface area (Å²) >= 11 is 5.89. The fourth-order valence-electron chi connectivity index (χ4n) is 2.43. The van der Waals surface area contributed by atoms with Crippen LogP contribution in [0.2, 0.25) is 5.02 Å². The van der Waals surface area contributed by atoms with Crippen LogP contribution in [0.15, 0.2) is 18.2 Å². The van der Waals surface area contributed by atoms with E-state index < -0.39 is 0 Å². The molecule has 0 radical (unpaired) electrons. The van der Waals surface area contributed by atoms with Crippen LogP contribution in [0.5, 0.6) is 0 Å². The molecule has 1 saturated carbocycles. The highest BCUT2D eigenvalue weighted by Gasteiger charge is 2.53. The van der Waals surface area contributed by atoms with Gasteiger partial charge in [0.1, 0.15) is 0 Å². The Morgan fingerprint density at radius 1 is 1.42 bits per heavy atom. The van der Waals surface area contributed by atoms with Crippen molar-refractivity contribution in [1.82, 2.24) is 0 Å². The summed E-state index contributed by atoms with van der Waals surface area (Å²) in [6.07, 6.45) is 1.14. The Bertz CT molecular complexity index is 348. The zero-order chi connectivity index (χ0) is 8.29. The lowest BCUT2D eigenvalue weighted by Gasteiger charge is -2.04. The van der Waals surface area contributed by atoms with Crippen molar-refractivity contribution in [2.75, 3.05) is 0 Å². The molecule has 1 aromatic rings. The molecule has 1 fully saturated rings. The van der Waals surface area contributed by atoms with E-state index in [2.05, 4.69) is 12.1 Å². The average molecular weight is 180 g/mol. The number of halogens is 1. The van der Waals surface area contributed by atoms with Crippen LogP contribution in [0, 0.1) is 5.92 Å². The second-order valence-electron chi connectivity index (χ2n) is 3.81. The maximum Gasteiger partial charge on any atom is 0.0408 e. The summed E-state index contributed by atoms with van der Waals surface area (Å²) in [4.78, 5) is 0. The van der Waals surface area contributed by atoms with E-state index in [1.54, 1.807) is 0 Å². The van der Waals surface area contributed by atoms with E-state index in [9.17, 15) is 0 Å². The SMILES string of the molecule is N[C@@H]1[C@@H]2Cc3cc(Cl)ccc3[C@@H]12. The quantitative estimate of drug-likeness (QED) is 0.647. The maximum atomic E-state index is 5.89. The van der Waals surface area contributed by atoms with Gasteiger partial charge < -0.3 is 5.73 Å². The lowest BCUT2D eigenvalue weighted by Crippen LogP contribution is -2.08. The highest BCUT2D eigenvalue weighted by Crippen LogP contribution is 2.55. The number of fused-ring (bicyclic) bond motifs is 3. The number of benzene rings is 1. The minimum atomic E-state index is 0.429. The number of hydrogen-bond acceptors (Lipinski definition) is 1. The molecule has 0 heterocycles. The van der Waals surface area contributed by atoms with Gasteiger partial charge in [0, 0.05) is 17.0 Å². The third kappa shape index (κ3) is 0.732. The van der Waals surface area contributed by atoms with Gasteiger partial charge in [-0.1, -0.05) is 17.7 Å². The van der Waals surface area contributed by atoms with Gasteiger partial charge in [0.05, 0.1) is 0 Å². The van der Waals surface area contributed by atoms with Crippen molar-refractivity contribution in [3.8, 4) is 0 Å². The van der Waals surface area contributed by atoms with Gasteiger partial charge in [-0.3, -0.25) is 0 Å². The molecule has 1 aromatic carbocycles. The van der Waals surface area contributed by atoms with E-state index in [0.717, 1.165) is 17.4 Å². The third-order valence-electron chi connectivity index (χ3n) is 3.15. The second-order valence-corrected chi connectivity index (χ2v) is 4.25. The largest absolute Gasteiger partial charge is 0.327 e. The first-order chi connectivity index (χ1) is 5.77. The monoisotopic (exact) mass is 179 g/mol. The molecule has 0 spiro atoms. The lowest BCUT2D eigenvalue weighted by molar-refractivity contribution is 0.801. The molecule has 0 saturated heterocycles. The van der Waals surface area contributed by atoms with E-state index in [1.165, 1.54) is 11.1 Å². The summed E-state index contributed by atoms with van der Waals surface area (Å²) < 4.78 is 0. The molecule has 3 rings (SSSR count). The van der Waals surface area contributed by atoms with Crippen molar-refractivity contribution in [1.29, 1.82) is 0 Å². The molecule has 2 N–H and O–H groups in total. The maximum absolute atomic E-state index is 5.89. The first-order valence-electron chi connectivity index (χ1n) is 4.31. The van der Waals surface area contributed by atoms with E-state index in [-0.39, 0.29) is 0 Å². The average Bonchev–Trinajstić information content (AvgIpc) is 2.57. The van der Waals surface area contributed by atoms with E-state index in [4.69, 9.17) is 17.3 Å². The molecule has 12 heavy (non-hydrogen) atoms. The molecule has 1 nitrogen and oxygen atoms in total. The molecular formula is C10H10ClN. The van der Waals surface area contributed by atoms with Gasteiger partial charge in [0.25, 0.3) is 0 Å². The van der Waals surface area contributed by atoms with Crippen molar-refractivity contribution < 1.29 is 0 Å². The normalized spacial score (nSPS) is 36.0. The minimum Gasteiger partial charge on any atom is -0.327 e. The Labute approximate surface area is 76.5 Å². The van der Waals surface area contributed by atoms with Crippen LogP contribution in [-0.4, -0.2) is 6.04 Å². The van der Waals surface area contributed by atoms with Gasteiger partial charge >= 0.3 is 0 Å². The summed E-state index contributed by atoms with van der Waals surface area (Å²) in [5.41, 5.74) is 8.75. The first kappa shape index (κ1) is 6.93. The van der Waals surface area contributed by atoms with Gasteiger partial charge in [-0.15, -0.1) is 0 Å². The first-order valence-corrected chi connectivity index (χ1v) is 4.69. The summed E-state index contributed by atoms with van der Waals surface area (Å²) in [7, 11) is 0. The minimum absolute atomic E-state index is 0.429. The summed E-state index contributed by atoms with van der Waals surface area (Å²) in [6, 6.07) is 6.61. The predicted octanol–water partition coefficient (Wildman–Crippen LogP) is 1.94. The Morgan fingerprint density at radius 2 is 2.25 bits per heavy atom. The standard InChI is InChI=1S/C10H10ClN/c11-6-1-2-7-5(3-6)4-8-9(7)10(8)12/h1-3,8-10H,4,12H2/t8-,9-,10-/m1/s1. The molecule has 0 unspecified atom stereocenters. The van der Waals surface area contributed by atoms with E-state index in [0.29, 0.717) is 12.0 Å². The van der Waals surface area contributed by atoms with Gasteiger partial charge in [-0.2, -0.15) is 0 Å². The van der Waals surface area contributed by atoms with Gasteiger partial charge in [0.2, 0.25) is 0 Å². The second kappa shape index (κ2) is 2.04. The van der Waals surface area contributed by atoms with E-state index in [1.807, 2.05) is 6.07 Å². The number of nitrogens with two attached hydrogens (primary N) is 1. The smallest absolute Gasteiger partial charge is 0.0408 e. The molecule has 0 amide bonds. The molecule has 2 aliphatic carbocycles. The van der Waals surface area contributed by atoms with Crippen LogP contribution < -0.4 is 5.73 Å². The highest BCUT2D eigenvalue weighted by molar-refractivity contribution is 6.30. The van der Waals surface area contributed by atoms with Crippen molar-refractivity contribution in [2.45, 2.75) is 18.4 Å². The van der Waals surface area contributed by atoms with Crippen LogP contribution in [0.4, 0.5) is 0 Å². The van der Waals surface area contributed by atoms with Crippen molar-refractivity contribution in [3.63, 3.8) is 0 Å². The molecular weight excluding hydrogens is 170 g/mol. The topological polar surface area (TPSA) is 26.0 Å². The Hall–Kier alpha value is -0.530. The number of rotatable bonds is 0. The lowest BCUT2D eigenvalue weighted by atomic mass is 10.1. The Kier molecular flexibility index (Phi) is 1.18. The van der Waals surface area contributed by atoms with Crippen LogP contribution in [0.1, 0.15) is 17.0 Å². The van der Waals surface area contributed by atoms with Crippen molar-refractivity contribution in [3.05, 3.63) is 34.3 Å². The predicted molar refractivity (Wildman–Crippen MR) is 49.4 cm³/mol. The zero-order valence-corrected chi connectivity index (χ0v) is 7.38. The molecule has 0 aliphatic heterocycles. The highest BCUT2D eigenvalue weighted by atomic mass is 35.5. The van der Waals surface area contributed by atoms with Crippen LogP contribution >= 0.6 is 11.6 Å². The fraction of sp³-hybridized carbons (Fsp3) is 0.400. The molecule has 0 aromatic heterocycles. The van der Waals surface area contributed by atoms with Crippen molar-refractivity contribution >= 4 is 11.6 Å². The van der Waals surface area contributed by atoms with Gasteiger partial charge in [-0.05, 0) is 35.6 Å². The third-order valence-corrected chi connectivity index (χ3v) is 3.38. The van der Waals surface area contributed by atoms with E-state index >= 15 is 0 Å². The number of hydrogen-bond donors (Lipinski definition) is 1. The fourth-order valence-corrected chi connectivity index (χ4v) is 2.63. The zero-order valence-electron chi connectivity index (χ0n) is 6.63. The summed E-state index contributed by atoms with van der Waals surface area (Å²) in [6.45, 7) is 0. The molecule has 2 aliphatic rings. The summed E-state index contributed by atoms with van der Waals surface area (Å²) in [5.74, 6) is 1.37. The van der Waals surface area contributed by atoms with Crippen molar-refractivity contribution in [2.24, 2.45) is 11.7 Å². The molecule has 62 valence electrons. The van der Waals surface area contributed by atoms with Crippen LogP contribution in [-0.2, 0) is 6.42 Å². The van der Waals surface area contributed by atoms with Gasteiger partial charge in [-0.25, -0.2) is 0 Å². The molecule has 2 heteroatoms. The molecule has 0 bridgehead atoms. The summed E-state index contributed by atoms with van der Waals surface area (Å²) in [5, 5.41) is 0.851. The Balaban J connectivity index is 2.11. The Morgan fingerprint density at radius 3 is 3.08 bits per heavy atom.